The average Bonchev–Trinajstić information content (AvgIpc) is 3.01. The fourth-order valence-corrected chi connectivity index (χ4v) is 2.66. The minimum atomic E-state index is -0.215. The van der Waals surface area contributed by atoms with Crippen LogP contribution in [0.5, 0.6) is 11.5 Å². The van der Waals surface area contributed by atoms with E-state index in [1.54, 1.807) is 25.4 Å². The number of rotatable bonds is 5. The predicted octanol–water partition coefficient (Wildman–Crippen LogP) is 3.48. The van der Waals surface area contributed by atoms with E-state index >= 15 is 0 Å². The summed E-state index contributed by atoms with van der Waals surface area (Å²) in [4.78, 5) is 18.0. The van der Waals surface area contributed by atoms with Gasteiger partial charge in [0.1, 0.15) is 0 Å². The first-order valence-electron chi connectivity index (χ1n) is 6.26. The van der Waals surface area contributed by atoms with E-state index in [4.69, 9.17) is 21.1 Å². The molecule has 2 aromatic rings. The number of thiazole rings is 1. The Morgan fingerprint density at radius 3 is 2.81 bits per heavy atom. The number of hydrogen-bond donors (Lipinski definition) is 0. The lowest BCUT2D eigenvalue weighted by atomic mass is 10.1. The van der Waals surface area contributed by atoms with E-state index in [1.165, 1.54) is 23.3 Å². The molecule has 0 radical (unpaired) electrons. The largest absolute Gasteiger partial charge is 0.493 e. The van der Waals surface area contributed by atoms with Gasteiger partial charge < -0.3 is 9.47 Å². The highest BCUT2D eigenvalue weighted by Gasteiger charge is 2.20. The molecule has 0 saturated heterocycles. The maximum absolute atomic E-state index is 12.5. The van der Waals surface area contributed by atoms with Crippen LogP contribution in [-0.2, 0) is 0 Å². The summed E-state index contributed by atoms with van der Waals surface area (Å²) in [5.41, 5.74) is 0.415. The predicted molar refractivity (Wildman–Crippen MR) is 84.0 cm³/mol. The molecule has 0 spiro atoms. The van der Waals surface area contributed by atoms with Gasteiger partial charge in [-0.3, -0.25) is 9.69 Å². The molecule has 0 aliphatic carbocycles. The van der Waals surface area contributed by atoms with Crippen molar-refractivity contribution in [2.75, 3.05) is 25.7 Å². The Balaban J connectivity index is 2.36. The standard InChI is InChI=1S/C14H15ClN2O3S/c1-4-20-12-10(15)7-9(8-11(12)19-3)13(18)17(2)14-16-5-6-21-14/h5-8H,4H2,1-3H3. The van der Waals surface area contributed by atoms with Crippen LogP contribution in [0.4, 0.5) is 5.13 Å². The van der Waals surface area contributed by atoms with Crippen LogP contribution in [-0.4, -0.2) is 31.7 Å². The number of amides is 1. The third-order valence-corrected chi connectivity index (χ3v) is 3.90. The molecule has 2 rings (SSSR count). The first-order valence-corrected chi connectivity index (χ1v) is 7.52. The normalized spacial score (nSPS) is 10.3. The van der Waals surface area contributed by atoms with E-state index in [0.29, 0.717) is 33.8 Å². The molecule has 0 N–H and O–H groups in total. The molecule has 0 aliphatic rings. The average molecular weight is 327 g/mol. The summed E-state index contributed by atoms with van der Waals surface area (Å²) in [7, 11) is 3.17. The van der Waals surface area contributed by atoms with Gasteiger partial charge in [0.25, 0.3) is 5.91 Å². The topological polar surface area (TPSA) is 51.7 Å². The quantitative estimate of drug-likeness (QED) is 0.844. The third kappa shape index (κ3) is 3.28. The minimum absolute atomic E-state index is 0.215. The van der Waals surface area contributed by atoms with Crippen molar-refractivity contribution in [3.05, 3.63) is 34.3 Å². The Morgan fingerprint density at radius 2 is 2.24 bits per heavy atom. The summed E-state index contributed by atoms with van der Waals surface area (Å²) in [6, 6.07) is 3.19. The van der Waals surface area contributed by atoms with Gasteiger partial charge in [-0.05, 0) is 19.1 Å². The molecule has 0 fully saturated rings. The lowest BCUT2D eigenvalue weighted by molar-refractivity contribution is 0.0992. The molecule has 7 heteroatoms. The van der Waals surface area contributed by atoms with E-state index in [9.17, 15) is 4.79 Å². The second kappa shape index (κ2) is 6.78. The zero-order chi connectivity index (χ0) is 15.4. The number of hydrogen-bond acceptors (Lipinski definition) is 5. The lowest BCUT2D eigenvalue weighted by Crippen LogP contribution is -2.26. The maximum Gasteiger partial charge on any atom is 0.259 e. The fourth-order valence-electron chi connectivity index (χ4n) is 1.79. The highest BCUT2D eigenvalue weighted by Crippen LogP contribution is 2.37. The highest BCUT2D eigenvalue weighted by atomic mass is 35.5. The van der Waals surface area contributed by atoms with Crippen LogP contribution in [0.3, 0.4) is 0 Å². The van der Waals surface area contributed by atoms with E-state index < -0.39 is 0 Å². The number of nitrogens with zero attached hydrogens (tertiary/aromatic N) is 2. The number of benzene rings is 1. The van der Waals surface area contributed by atoms with Crippen molar-refractivity contribution >= 4 is 34.0 Å². The molecule has 1 heterocycles. The fraction of sp³-hybridized carbons (Fsp3) is 0.286. The molecule has 5 nitrogen and oxygen atoms in total. The third-order valence-electron chi connectivity index (χ3n) is 2.78. The molecule has 1 aromatic carbocycles. The maximum atomic E-state index is 12.5. The first kappa shape index (κ1) is 15.6. The molecule has 21 heavy (non-hydrogen) atoms. The van der Waals surface area contributed by atoms with Crippen molar-refractivity contribution in [1.82, 2.24) is 4.98 Å². The van der Waals surface area contributed by atoms with E-state index in [0.717, 1.165) is 0 Å². The summed E-state index contributed by atoms with van der Waals surface area (Å²) in [5.74, 6) is 0.656. The van der Waals surface area contributed by atoms with Crippen molar-refractivity contribution < 1.29 is 14.3 Å². The Labute approximate surface area is 132 Å². The van der Waals surface area contributed by atoms with Crippen LogP contribution in [0.2, 0.25) is 5.02 Å². The molecule has 1 amide bonds. The van der Waals surface area contributed by atoms with Crippen LogP contribution in [0, 0.1) is 0 Å². The molecule has 0 saturated carbocycles. The van der Waals surface area contributed by atoms with Gasteiger partial charge in [-0.1, -0.05) is 11.6 Å². The Bertz CT molecular complexity index is 631. The minimum Gasteiger partial charge on any atom is -0.493 e. The van der Waals surface area contributed by atoms with Crippen LogP contribution < -0.4 is 14.4 Å². The number of halogens is 1. The summed E-state index contributed by atoms with van der Waals surface area (Å²) in [6.07, 6.45) is 1.65. The van der Waals surface area contributed by atoms with Gasteiger partial charge in [-0.15, -0.1) is 11.3 Å². The monoisotopic (exact) mass is 326 g/mol. The van der Waals surface area contributed by atoms with E-state index in [2.05, 4.69) is 4.98 Å². The Morgan fingerprint density at radius 1 is 1.48 bits per heavy atom. The molecule has 1 aromatic heterocycles. The number of anilines is 1. The van der Waals surface area contributed by atoms with Crippen molar-refractivity contribution in [2.24, 2.45) is 0 Å². The smallest absolute Gasteiger partial charge is 0.259 e. The van der Waals surface area contributed by atoms with Crippen LogP contribution in [0.1, 0.15) is 17.3 Å². The SMILES string of the molecule is CCOc1c(Cl)cc(C(=O)N(C)c2nccs2)cc1OC. The Hall–Kier alpha value is -1.79. The zero-order valence-electron chi connectivity index (χ0n) is 11.9. The molecule has 0 unspecified atom stereocenters. The van der Waals surface area contributed by atoms with Crippen LogP contribution >= 0.6 is 22.9 Å². The van der Waals surface area contributed by atoms with Gasteiger partial charge in [0.05, 0.1) is 18.7 Å². The molecule has 0 bridgehead atoms. The summed E-state index contributed by atoms with van der Waals surface area (Å²) in [5, 5.41) is 2.77. The number of ether oxygens (including phenoxy) is 2. The van der Waals surface area contributed by atoms with Gasteiger partial charge in [0.15, 0.2) is 16.6 Å². The van der Waals surface area contributed by atoms with Gasteiger partial charge in [0, 0.05) is 24.2 Å². The summed E-state index contributed by atoms with van der Waals surface area (Å²) >= 11 is 7.56. The molecule has 112 valence electrons. The summed E-state index contributed by atoms with van der Waals surface area (Å²) in [6.45, 7) is 2.31. The molecular weight excluding hydrogens is 312 g/mol. The zero-order valence-corrected chi connectivity index (χ0v) is 13.5. The molecule has 0 aliphatic heterocycles. The molecule has 0 atom stereocenters. The van der Waals surface area contributed by atoms with Crippen molar-refractivity contribution in [3.63, 3.8) is 0 Å². The highest BCUT2D eigenvalue weighted by molar-refractivity contribution is 7.13. The van der Waals surface area contributed by atoms with Gasteiger partial charge in [-0.25, -0.2) is 4.98 Å². The Kier molecular flexibility index (Phi) is 5.03. The summed E-state index contributed by atoms with van der Waals surface area (Å²) < 4.78 is 10.7. The number of carbonyl (C=O) groups excluding carboxylic acids is 1. The van der Waals surface area contributed by atoms with Gasteiger partial charge in [-0.2, -0.15) is 0 Å². The number of carbonyl (C=O) groups is 1. The van der Waals surface area contributed by atoms with Crippen molar-refractivity contribution in [2.45, 2.75) is 6.92 Å². The number of aromatic nitrogens is 1. The molecular formula is C14H15ClN2O3S. The lowest BCUT2D eigenvalue weighted by Gasteiger charge is -2.16. The van der Waals surface area contributed by atoms with Crippen LogP contribution in [0.25, 0.3) is 0 Å². The van der Waals surface area contributed by atoms with E-state index in [1.807, 2.05) is 12.3 Å². The first-order chi connectivity index (χ1) is 10.1. The van der Waals surface area contributed by atoms with Crippen molar-refractivity contribution in [1.29, 1.82) is 0 Å². The van der Waals surface area contributed by atoms with Crippen LogP contribution in [0.15, 0.2) is 23.7 Å². The second-order valence-electron chi connectivity index (χ2n) is 4.10. The van der Waals surface area contributed by atoms with Gasteiger partial charge in [0.2, 0.25) is 0 Å². The second-order valence-corrected chi connectivity index (χ2v) is 5.38. The number of methoxy groups -OCH3 is 1. The van der Waals surface area contributed by atoms with E-state index in [-0.39, 0.29) is 5.91 Å². The van der Waals surface area contributed by atoms with Crippen molar-refractivity contribution in [3.8, 4) is 11.5 Å². The van der Waals surface area contributed by atoms with Gasteiger partial charge >= 0.3 is 0 Å².